The van der Waals surface area contributed by atoms with Gasteiger partial charge in [0.25, 0.3) is 0 Å². The molecule has 0 aliphatic carbocycles. The fraction of sp³-hybridized carbons (Fsp3) is 0.571. The summed E-state index contributed by atoms with van der Waals surface area (Å²) in [4.78, 5) is 18.2. The number of amides is 1. The van der Waals surface area contributed by atoms with Gasteiger partial charge in [-0.1, -0.05) is 0 Å². The zero-order chi connectivity index (χ0) is 15.0. The van der Waals surface area contributed by atoms with E-state index in [1.165, 1.54) is 9.75 Å². The summed E-state index contributed by atoms with van der Waals surface area (Å²) in [6.07, 6.45) is 0.441. The highest BCUT2D eigenvalue weighted by molar-refractivity contribution is 7.11. The van der Waals surface area contributed by atoms with Crippen molar-refractivity contribution in [2.45, 2.75) is 39.8 Å². The predicted octanol–water partition coefficient (Wildman–Crippen LogP) is 1.64. The molecule has 0 aromatic carbocycles. The average molecular weight is 296 g/mol. The van der Waals surface area contributed by atoms with Crippen LogP contribution in [0.4, 0.5) is 0 Å². The molecule has 0 atom stereocenters. The highest BCUT2D eigenvalue weighted by atomic mass is 32.1. The van der Waals surface area contributed by atoms with Crippen LogP contribution in [-0.2, 0) is 11.3 Å². The smallest absolute Gasteiger partial charge is 0.221 e. The number of aryl methyl sites for hydroxylation is 1. The third-order valence-corrected chi connectivity index (χ3v) is 3.54. The Morgan fingerprint density at radius 3 is 2.65 bits per heavy atom. The van der Waals surface area contributed by atoms with E-state index in [1.807, 2.05) is 13.8 Å². The number of carbonyl (C=O) groups excluding carboxylic acids is 1. The van der Waals surface area contributed by atoms with Crippen molar-refractivity contribution in [2.75, 3.05) is 13.6 Å². The van der Waals surface area contributed by atoms with Crippen molar-refractivity contribution in [2.24, 2.45) is 4.99 Å². The van der Waals surface area contributed by atoms with E-state index in [4.69, 9.17) is 0 Å². The summed E-state index contributed by atoms with van der Waals surface area (Å²) >= 11 is 1.77. The summed E-state index contributed by atoms with van der Waals surface area (Å²) in [7, 11) is 1.73. The van der Waals surface area contributed by atoms with Crippen molar-refractivity contribution in [1.29, 1.82) is 0 Å². The van der Waals surface area contributed by atoms with Gasteiger partial charge in [0.2, 0.25) is 5.91 Å². The molecule has 0 spiro atoms. The molecule has 0 bridgehead atoms. The van der Waals surface area contributed by atoms with Crippen molar-refractivity contribution >= 4 is 23.2 Å². The minimum Gasteiger partial charge on any atom is -0.356 e. The summed E-state index contributed by atoms with van der Waals surface area (Å²) in [5.41, 5.74) is 0. The lowest BCUT2D eigenvalue weighted by Crippen LogP contribution is -2.39. The van der Waals surface area contributed by atoms with E-state index >= 15 is 0 Å². The van der Waals surface area contributed by atoms with Gasteiger partial charge in [-0.2, -0.15) is 0 Å². The number of nitrogens with one attached hydrogen (secondary N) is 3. The normalized spacial score (nSPS) is 11.6. The topological polar surface area (TPSA) is 65.5 Å². The Morgan fingerprint density at radius 1 is 1.35 bits per heavy atom. The van der Waals surface area contributed by atoms with Crippen LogP contribution in [0, 0.1) is 6.92 Å². The number of thiophene rings is 1. The van der Waals surface area contributed by atoms with Crippen LogP contribution >= 0.6 is 11.3 Å². The van der Waals surface area contributed by atoms with Gasteiger partial charge in [-0.05, 0) is 32.9 Å². The average Bonchev–Trinajstić information content (AvgIpc) is 2.78. The number of nitrogens with zero attached hydrogens (tertiary/aromatic N) is 1. The van der Waals surface area contributed by atoms with Crippen LogP contribution < -0.4 is 16.0 Å². The summed E-state index contributed by atoms with van der Waals surface area (Å²) < 4.78 is 0. The largest absolute Gasteiger partial charge is 0.356 e. The quantitative estimate of drug-likeness (QED) is 0.552. The van der Waals surface area contributed by atoms with E-state index in [2.05, 4.69) is 40.0 Å². The molecular formula is C14H24N4OS. The second-order valence-electron chi connectivity index (χ2n) is 4.84. The maximum Gasteiger partial charge on any atom is 0.221 e. The van der Waals surface area contributed by atoms with Crippen LogP contribution in [0.1, 0.15) is 30.0 Å². The molecule has 0 unspecified atom stereocenters. The van der Waals surface area contributed by atoms with Crippen molar-refractivity contribution in [3.8, 4) is 0 Å². The number of guanidine groups is 1. The van der Waals surface area contributed by atoms with Crippen LogP contribution in [0.25, 0.3) is 0 Å². The molecule has 6 heteroatoms. The molecule has 0 saturated carbocycles. The molecule has 1 aromatic rings. The first-order valence-electron chi connectivity index (χ1n) is 6.80. The van der Waals surface area contributed by atoms with E-state index < -0.39 is 0 Å². The van der Waals surface area contributed by atoms with E-state index in [-0.39, 0.29) is 11.9 Å². The molecule has 0 aliphatic rings. The van der Waals surface area contributed by atoms with Crippen molar-refractivity contribution in [1.82, 2.24) is 16.0 Å². The van der Waals surface area contributed by atoms with Gasteiger partial charge < -0.3 is 16.0 Å². The van der Waals surface area contributed by atoms with E-state index in [1.54, 1.807) is 18.4 Å². The Labute approximate surface area is 124 Å². The molecule has 0 aliphatic heterocycles. The molecule has 0 saturated heterocycles. The molecule has 3 N–H and O–H groups in total. The van der Waals surface area contributed by atoms with Gasteiger partial charge in [-0.25, -0.2) is 0 Å². The summed E-state index contributed by atoms with van der Waals surface area (Å²) in [6, 6.07) is 4.40. The van der Waals surface area contributed by atoms with Crippen LogP contribution in [0.15, 0.2) is 17.1 Å². The van der Waals surface area contributed by atoms with Gasteiger partial charge in [0.05, 0.1) is 6.54 Å². The molecule has 1 rings (SSSR count). The minimum atomic E-state index is 0.0526. The standard InChI is InChI=1S/C14H24N4OS/c1-10(2)18-13(19)7-8-16-14(15-4)17-9-12-6-5-11(3)20-12/h5-6,10H,7-9H2,1-4H3,(H,18,19)(H2,15,16,17). The zero-order valence-corrected chi connectivity index (χ0v) is 13.4. The summed E-state index contributed by atoms with van der Waals surface area (Å²) in [5.74, 6) is 0.769. The van der Waals surface area contributed by atoms with E-state index in [9.17, 15) is 4.79 Å². The first kappa shape index (κ1) is 16.5. The molecule has 20 heavy (non-hydrogen) atoms. The summed E-state index contributed by atoms with van der Waals surface area (Å²) in [6.45, 7) is 7.32. The molecule has 1 amide bonds. The van der Waals surface area contributed by atoms with Crippen molar-refractivity contribution in [3.63, 3.8) is 0 Å². The molecule has 5 nitrogen and oxygen atoms in total. The molecule has 1 heterocycles. The second kappa shape index (κ2) is 8.58. The highest BCUT2D eigenvalue weighted by Crippen LogP contribution is 2.14. The maximum absolute atomic E-state index is 11.5. The molecule has 1 aromatic heterocycles. The van der Waals surface area contributed by atoms with E-state index in [0.29, 0.717) is 18.9 Å². The number of hydrogen-bond acceptors (Lipinski definition) is 3. The molecular weight excluding hydrogens is 272 g/mol. The second-order valence-corrected chi connectivity index (χ2v) is 6.21. The van der Waals surface area contributed by atoms with E-state index in [0.717, 1.165) is 6.54 Å². The summed E-state index contributed by atoms with van der Waals surface area (Å²) in [5, 5.41) is 9.22. The Balaban J connectivity index is 2.25. The van der Waals surface area contributed by atoms with Gasteiger partial charge in [-0.3, -0.25) is 9.79 Å². The fourth-order valence-corrected chi connectivity index (χ4v) is 2.49. The Kier molecular flexibility index (Phi) is 7.08. The van der Waals surface area contributed by atoms with Crippen LogP contribution in [-0.4, -0.2) is 31.5 Å². The first-order valence-corrected chi connectivity index (χ1v) is 7.62. The van der Waals surface area contributed by atoms with Crippen LogP contribution in [0.5, 0.6) is 0 Å². The van der Waals surface area contributed by atoms with Crippen LogP contribution in [0.3, 0.4) is 0 Å². The van der Waals surface area contributed by atoms with Gasteiger partial charge in [0.1, 0.15) is 0 Å². The SMILES string of the molecule is CN=C(NCCC(=O)NC(C)C)NCc1ccc(C)s1. The number of rotatable bonds is 6. The predicted molar refractivity (Wildman–Crippen MR) is 85.2 cm³/mol. The van der Waals surface area contributed by atoms with Crippen LogP contribution in [0.2, 0.25) is 0 Å². The lowest BCUT2D eigenvalue weighted by atomic mass is 10.3. The third kappa shape index (κ3) is 6.56. The molecule has 0 fully saturated rings. The number of aliphatic imine (C=N–C) groups is 1. The monoisotopic (exact) mass is 296 g/mol. The van der Waals surface area contributed by atoms with Gasteiger partial charge in [0, 0.05) is 35.8 Å². The number of hydrogen-bond donors (Lipinski definition) is 3. The maximum atomic E-state index is 11.5. The lowest BCUT2D eigenvalue weighted by Gasteiger charge is -2.12. The van der Waals surface area contributed by atoms with Crippen molar-refractivity contribution < 1.29 is 4.79 Å². The molecule has 0 radical (unpaired) electrons. The highest BCUT2D eigenvalue weighted by Gasteiger charge is 2.04. The lowest BCUT2D eigenvalue weighted by molar-refractivity contribution is -0.121. The zero-order valence-electron chi connectivity index (χ0n) is 12.6. The Morgan fingerprint density at radius 2 is 2.10 bits per heavy atom. The van der Waals surface area contributed by atoms with Gasteiger partial charge in [-0.15, -0.1) is 11.3 Å². The molecule has 112 valence electrons. The third-order valence-electron chi connectivity index (χ3n) is 2.54. The van der Waals surface area contributed by atoms with Crippen molar-refractivity contribution in [3.05, 3.63) is 21.9 Å². The van der Waals surface area contributed by atoms with Gasteiger partial charge in [0.15, 0.2) is 5.96 Å². The number of carbonyl (C=O) groups is 1. The first-order chi connectivity index (χ1) is 9.51. The Bertz CT molecular complexity index is 454. The Hall–Kier alpha value is -1.56. The minimum absolute atomic E-state index is 0.0526. The van der Waals surface area contributed by atoms with Gasteiger partial charge >= 0.3 is 0 Å². The fourth-order valence-electron chi connectivity index (χ4n) is 1.66.